The maximum Gasteiger partial charge on any atom is 0.249 e. The molecule has 20 heavy (non-hydrogen) atoms. The van der Waals surface area contributed by atoms with Gasteiger partial charge in [0, 0.05) is 6.04 Å². The molecule has 1 spiro atoms. The van der Waals surface area contributed by atoms with Gasteiger partial charge < -0.3 is 10.2 Å². The maximum absolute atomic E-state index is 13.0. The molecule has 4 nitrogen and oxygen atoms in total. The van der Waals surface area contributed by atoms with Crippen LogP contribution < -0.4 is 5.32 Å². The lowest BCUT2D eigenvalue weighted by molar-refractivity contribution is -0.158. The first-order valence-electron chi connectivity index (χ1n) is 8.18. The largest absolute Gasteiger partial charge is 0.340 e. The zero-order valence-electron chi connectivity index (χ0n) is 12.7. The molecule has 0 bridgehead atoms. The van der Waals surface area contributed by atoms with Crippen LogP contribution in [0.4, 0.5) is 0 Å². The van der Waals surface area contributed by atoms with Crippen LogP contribution in [0, 0.1) is 5.92 Å². The van der Waals surface area contributed by atoms with Gasteiger partial charge in [0.1, 0.15) is 11.6 Å². The third kappa shape index (κ3) is 2.33. The summed E-state index contributed by atoms with van der Waals surface area (Å²) in [6, 6.07) is -0.126. The van der Waals surface area contributed by atoms with E-state index in [1.54, 1.807) is 0 Å². The van der Waals surface area contributed by atoms with Crippen LogP contribution in [0.3, 0.4) is 0 Å². The van der Waals surface area contributed by atoms with Crippen LogP contribution in [0.2, 0.25) is 0 Å². The second-order valence-electron chi connectivity index (χ2n) is 7.05. The molecule has 0 aromatic heterocycles. The number of nitrogens with one attached hydrogen (secondary N) is 1. The Bertz CT molecular complexity index is 411. The molecule has 3 aliphatic rings. The van der Waals surface area contributed by atoms with Gasteiger partial charge in [-0.25, -0.2) is 0 Å². The SMILES string of the molecule is CC(CC1CC1)N1C(=O)C2(CCCCC2)NC(=O)C1C. The number of rotatable bonds is 3. The molecule has 1 saturated heterocycles. The van der Waals surface area contributed by atoms with Gasteiger partial charge >= 0.3 is 0 Å². The molecule has 0 radical (unpaired) electrons. The summed E-state index contributed by atoms with van der Waals surface area (Å²) in [7, 11) is 0. The Kier molecular flexibility index (Phi) is 3.51. The summed E-state index contributed by atoms with van der Waals surface area (Å²) in [5.41, 5.74) is -0.584. The molecule has 4 heteroatoms. The van der Waals surface area contributed by atoms with E-state index in [1.165, 1.54) is 19.3 Å². The highest BCUT2D eigenvalue weighted by molar-refractivity contribution is 5.99. The summed E-state index contributed by atoms with van der Waals surface area (Å²) in [5, 5.41) is 3.05. The zero-order valence-corrected chi connectivity index (χ0v) is 12.7. The minimum absolute atomic E-state index is 0.0362. The number of piperazine rings is 1. The number of carbonyl (C=O) groups is 2. The van der Waals surface area contributed by atoms with Gasteiger partial charge in [-0.05, 0) is 39.0 Å². The van der Waals surface area contributed by atoms with Gasteiger partial charge in [0.25, 0.3) is 0 Å². The van der Waals surface area contributed by atoms with E-state index in [-0.39, 0.29) is 23.9 Å². The molecule has 2 saturated carbocycles. The summed E-state index contributed by atoms with van der Waals surface area (Å²) in [4.78, 5) is 27.2. The zero-order chi connectivity index (χ0) is 14.3. The van der Waals surface area contributed by atoms with E-state index in [9.17, 15) is 9.59 Å². The average Bonchev–Trinajstić information content (AvgIpc) is 3.22. The van der Waals surface area contributed by atoms with Crippen molar-refractivity contribution < 1.29 is 9.59 Å². The fraction of sp³-hybridized carbons (Fsp3) is 0.875. The smallest absolute Gasteiger partial charge is 0.249 e. The highest BCUT2D eigenvalue weighted by Crippen LogP contribution is 2.38. The Morgan fingerprint density at radius 1 is 1.25 bits per heavy atom. The van der Waals surface area contributed by atoms with Crippen LogP contribution in [-0.4, -0.2) is 34.3 Å². The first-order chi connectivity index (χ1) is 9.53. The van der Waals surface area contributed by atoms with Gasteiger partial charge in [-0.3, -0.25) is 9.59 Å². The van der Waals surface area contributed by atoms with Crippen LogP contribution in [0.5, 0.6) is 0 Å². The summed E-state index contributed by atoms with van der Waals surface area (Å²) in [5.74, 6) is 0.990. The van der Waals surface area contributed by atoms with Crippen molar-refractivity contribution >= 4 is 11.8 Å². The van der Waals surface area contributed by atoms with Crippen molar-refractivity contribution in [3.8, 4) is 0 Å². The highest BCUT2D eigenvalue weighted by Gasteiger charge is 2.51. The van der Waals surface area contributed by atoms with E-state index >= 15 is 0 Å². The van der Waals surface area contributed by atoms with E-state index in [1.807, 2.05) is 11.8 Å². The Morgan fingerprint density at radius 3 is 2.50 bits per heavy atom. The molecule has 0 aromatic rings. The second kappa shape index (κ2) is 5.05. The standard InChI is InChI=1S/C16H26N2O2/c1-11(10-13-6-7-13)18-12(2)14(19)17-16(15(18)20)8-4-3-5-9-16/h11-13H,3-10H2,1-2H3,(H,17,19). The van der Waals surface area contributed by atoms with Crippen molar-refractivity contribution in [2.45, 2.75) is 82.8 Å². The molecule has 2 aliphatic carbocycles. The maximum atomic E-state index is 13.0. The van der Waals surface area contributed by atoms with Gasteiger partial charge in [-0.15, -0.1) is 0 Å². The molecule has 2 unspecified atom stereocenters. The topological polar surface area (TPSA) is 49.4 Å². The molecule has 1 heterocycles. The molecule has 112 valence electrons. The third-order valence-corrected chi connectivity index (χ3v) is 5.36. The predicted molar refractivity (Wildman–Crippen MR) is 77.1 cm³/mol. The minimum Gasteiger partial charge on any atom is -0.340 e. The van der Waals surface area contributed by atoms with E-state index < -0.39 is 5.54 Å². The van der Waals surface area contributed by atoms with E-state index in [0.717, 1.165) is 38.0 Å². The van der Waals surface area contributed by atoms with Crippen molar-refractivity contribution in [1.29, 1.82) is 0 Å². The summed E-state index contributed by atoms with van der Waals surface area (Å²) in [6.07, 6.45) is 8.54. The molecular weight excluding hydrogens is 252 g/mol. The quantitative estimate of drug-likeness (QED) is 0.860. The van der Waals surface area contributed by atoms with Crippen LogP contribution in [-0.2, 0) is 9.59 Å². The van der Waals surface area contributed by atoms with Crippen LogP contribution in [0.15, 0.2) is 0 Å². The average molecular weight is 278 g/mol. The molecule has 0 aromatic carbocycles. The van der Waals surface area contributed by atoms with Gasteiger partial charge in [0.2, 0.25) is 11.8 Å². The fourth-order valence-electron chi connectivity index (χ4n) is 3.97. The molecule has 1 aliphatic heterocycles. The van der Waals surface area contributed by atoms with Gasteiger partial charge in [-0.1, -0.05) is 32.1 Å². The normalized spacial score (nSPS) is 31.3. The number of amides is 2. The van der Waals surface area contributed by atoms with E-state index in [0.29, 0.717) is 0 Å². The Labute approximate surface area is 121 Å². The first kappa shape index (κ1) is 13.9. The molecule has 1 N–H and O–H groups in total. The lowest BCUT2D eigenvalue weighted by Gasteiger charge is -2.49. The number of carbonyl (C=O) groups excluding carboxylic acids is 2. The van der Waals surface area contributed by atoms with Crippen molar-refractivity contribution in [3.63, 3.8) is 0 Å². The molecule has 3 fully saturated rings. The summed E-state index contributed by atoms with van der Waals surface area (Å²) < 4.78 is 0. The van der Waals surface area contributed by atoms with E-state index in [4.69, 9.17) is 0 Å². The van der Waals surface area contributed by atoms with Crippen molar-refractivity contribution in [2.24, 2.45) is 5.92 Å². The number of nitrogens with zero attached hydrogens (tertiary/aromatic N) is 1. The van der Waals surface area contributed by atoms with Gasteiger partial charge in [0.05, 0.1) is 0 Å². The minimum atomic E-state index is -0.584. The van der Waals surface area contributed by atoms with Crippen molar-refractivity contribution in [1.82, 2.24) is 10.2 Å². The second-order valence-corrected chi connectivity index (χ2v) is 7.05. The first-order valence-corrected chi connectivity index (χ1v) is 8.18. The number of hydrogen-bond donors (Lipinski definition) is 1. The van der Waals surface area contributed by atoms with Crippen molar-refractivity contribution in [2.75, 3.05) is 0 Å². The van der Waals surface area contributed by atoms with Crippen molar-refractivity contribution in [3.05, 3.63) is 0 Å². The van der Waals surface area contributed by atoms with Crippen LogP contribution >= 0.6 is 0 Å². The molecule has 3 rings (SSSR count). The molecule has 2 amide bonds. The van der Waals surface area contributed by atoms with Gasteiger partial charge in [0.15, 0.2) is 0 Å². The third-order valence-electron chi connectivity index (χ3n) is 5.36. The highest BCUT2D eigenvalue weighted by atomic mass is 16.2. The van der Waals surface area contributed by atoms with Gasteiger partial charge in [-0.2, -0.15) is 0 Å². The van der Waals surface area contributed by atoms with Crippen LogP contribution in [0.1, 0.15) is 65.2 Å². The predicted octanol–water partition coefficient (Wildman–Crippen LogP) is 2.22. The summed E-state index contributed by atoms with van der Waals surface area (Å²) in [6.45, 7) is 3.98. The lowest BCUT2D eigenvalue weighted by Crippen LogP contribution is -2.71. The van der Waals surface area contributed by atoms with Crippen LogP contribution in [0.25, 0.3) is 0 Å². The Hall–Kier alpha value is -1.06. The molecule has 2 atom stereocenters. The number of hydrogen-bond acceptors (Lipinski definition) is 2. The monoisotopic (exact) mass is 278 g/mol. The lowest BCUT2D eigenvalue weighted by atomic mass is 9.78. The summed E-state index contributed by atoms with van der Waals surface area (Å²) >= 11 is 0. The van der Waals surface area contributed by atoms with E-state index in [2.05, 4.69) is 12.2 Å². The Balaban J connectivity index is 1.81. The molecular formula is C16H26N2O2. The Morgan fingerprint density at radius 2 is 1.90 bits per heavy atom. The fourth-order valence-corrected chi connectivity index (χ4v) is 3.97.